The van der Waals surface area contributed by atoms with Crippen molar-refractivity contribution in [2.45, 2.75) is 58.0 Å². The van der Waals surface area contributed by atoms with E-state index < -0.39 is 0 Å². The zero-order valence-electron chi connectivity index (χ0n) is 12.0. The van der Waals surface area contributed by atoms with E-state index in [2.05, 4.69) is 11.8 Å². The molecule has 3 nitrogen and oxygen atoms in total. The maximum atomic E-state index is 6.14. The van der Waals surface area contributed by atoms with Crippen LogP contribution in [-0.4, -0.2) is 43.8 Å². The monoisotopic (exact) mass is 254 g/mol. The van der Waals surface area contributed by atoms with E-state index in [4.69, 9.17) is 10.5 Å². The van der Waals surface area contributed by atoms with Crippen molar-refractivity contribution in [3.05, 3.63) is 0 Å². The highest BCUT2D eigenvalue weighted by atomic mass is 16.5. The second kappa shape index (κ2) is 6.88. The van der Waals surface area contributed by atoms with E-state index in [0.717, 1.165) is 19.7 Å². The van der Waals surface area contributed by atoms with E-state index in [9.17, 15) is 0 Å². The van der Waals surface area contributed by atoms with Crippen molar-refractivity contribution in [1.82, 2.24) is 4.90 Å². The SMILES string of the molecule is CC1CN(CC2(CN)CCCCCC2)CCCO1. The molecule has 2 fully saturated rings. The molecule has 0 spiro atoms. The Labute approximate surface area is 112 Å². The largest absolute Gasteiger partial charge is 0.377 e. The first-order valence-corrected chi connectivity index (χ1v) is 7.78. The molecule has 1 aliphatic heterocycles. The second-order valence-corrected chi connectivity index (χ2v) is 6.39. The van der Waals surface area contributed by atoms with Crippen LogP contribution in [0.1, 0.15) is 51.9 Å². The van der Waals surface area contributed by atoms with Gasteiger partial charge in [0.25, 0.3) is 0 Å². The van der Waals surface area contributed by atoms with Gasteiger partial charge < -0.3 is 15.4 Å². The molecule has 0 aromatic heterocycles. The van der Waals surface area contributed by atoms with Crippen molar-refractivity contribution < 1.29 is 4.74 Å². The van der Waals surface area contributed by atoms with E-state index >= 15 is 0 Å². The maximum absolute atomic E-state index is 6.14. The Morgan fingerprint density at radius 3 is 2.56 bits per heavy atom. The summed E-state index contributed by atoms with van der Waals surface area (Å²) < 4.78 is 5.74. The quantitative estimate of drug-likeness (QED) is 0.786. The summed E-state index contributed by atoms with van der Waals surface area (Å²) >= 11 is 0. The fourth-order valence-electron chi connectivity index (χ4n) is 3.60. The van der Waals surface area contributed by atoms with Crippen LogP contribution >= 0.6 is 0 Å². The minimum absolute atomic E-state index is 0.383. The number of rotatable bonds is 3. The van der Waals surface area contributed by atoms with E-state index in [1.807, 2.05) is 0 Å². The summed E-state index contributed by atoms with van der Waals surface area (Å²) in [4.78, 5) is 2.61. The molecule has 0 radical (unpaired) electrons. The first-order chi connectivity index (χ1) is 8.74. The summed E-state index contributed by atoms with van der Waals surface area (Å²) in [6, 6.07) is 0. The van der Waals surface area contributed by atoms with Crippen LogP contribution in [0, 0.1) is 5.41 Å². The summed E-state index contributed by atoms with van der Waals surface area (Å²) in [5, 5.41) is 0. The lowest BCUT2D eigenvalue weighted by Gasteiger charge is -2.37. The molecule has 1 aliphatic carbocycles. The number of ether oxygens (including phenoxy) is 1. The molecule has 1 atom stereocenters. The summed E-state index contributed by atoms with van der Waals surface area (Å²) in [6.07, 6.45) is 9.76. The van der Waals surface area contributed by atoms with Crippen LogP contribution < -0.4 is 5.73 Å². The molecule has 0 amide bonds. The van der Waals surface area contributed by atoms with Crippen molar-refractivity contribution in [1.29, 1.82) is 0 Å². The third kappa shape index (κ3) is 3.94. The number of hydrogen-bond donors (Lipinski definition) is 1. The van der Waals surface area contributed by atoms with Crippen LogP contribution in [0.5, 0.6) is 0 Å². The first-order valence-electron chi connectivity index (χ1n) is 7.78. The second-order valence-electron chi connectivity index (χ2n) is 6.39. The van der Waals surface area contributed by atoms with Crippen LogP contribution in [0.3, 0.4) is 0 Å². The molecule has 2 aliphatic rings. The molecule has 18 heavy (non-hydrogen) atoms. The van der Waals surface area contributed by atoms with Crippen LogP contribution in [0.4, 0.5) is 0 Å². The Bertz CT molecular complexity index is 237. The smallest absolute Gasteiger partial charge is 0.0673 e. The third-order valence-electron chi connectivity index (χ3n) is 4.69. The van der Waals surface area contributed by atoms with Gasteiger partial charge in [0.1, 0.15) is 0 Å². The lowest BCUT2D eigenvalue weighted by molar-refractivity contribution is 0.0574. The standard InChI is InChI=1S/C15H30N2O/c1-14-11-17(9-6-10-18-14)13-15(12-16)7-4-2-3-5-8-15/h14H,2-13,16H2,1H3. The molecule has 2 N–H and O–H groups in total. The van der Waals surface area contributed by atoms with Gasteiger partial charge in [-0.25, -0.2) is 0 Å². The molecule has 0 aromatic rings. The molecule has 1 saturated heterocycles. The fraction of sp³-hybridized carbons (Fsp3) is 1.00. The lowest BCUT2D eigenvalue weighted by Crippen LogP contribution is -2.44. The van der Waals surface area contributed by atoms with Gasteiger partial charge >= 0.3 is 0 Å². The first kappa shape index (κ1) is 14.3. The Morgan fingerprint density at radius 1 is 1.17 bits per heavy atom. The average molecular weight is 254 g/mol. The van der Waals surface area contributed by atoms with Gasteiger partial charge in [-0.1, -0.05) is 25.7 Å². The maximum Gasteiger partial charge on any atom is 0.0673 e. The van der Waals surface area contributed by atoms with E-state index in [0.29, 0.717) is 11.5 Å². The number of hydrogen-bond acceptors (Lipinski definition) is 3. The normalized spacial score (nSPS) is 30.7. The highest BCUT2D eigenvalue weighted by Crippen LogP contribution is 2.35. The van der Waals surface area contributed by atoms with Crippen molar-refractivity contribution in [3.8, 4) is 0 Å². The lowest BCUT2D eigenvalue weighted by atomic mass is 9.80. The number of nitrogens with two attached hydrogens (primary N) is 1. The molecule has 0 aromatic carbocycles. The van der Waals surface area contributed by atoms with Crippen molar-refractivity contribution in [3.63, 3.8) is 0 Å². The highest BCUT2D eigenvalue weighted by molar-refractivity contribution is 4.86. The highest BCUT2D eigenvalue weighted by Gasteiger charge is 2.32. The molecule has 1 unspecified atom stereocenters. The van der Waals surface area contributed by atoms with E-state index in [1.165, 1.54) is 58.0 Å². The van der Waals surface area contributed by atoms with Crippen LogP contribution in [0.25, 0.3) is 0 Å². The summed E-state index contributed by atoms with van der Waals surface area (Å²) in [6.45, 7) is 7.44. The predicted molar refractivity (Wildman–Crippen MR) is 75.7 cm³/mol. The van der Waals surface area contributed by atoms with Gasteiger partial charge in [0.15, 0.2) is 0 Å². The van der Waals surface area contributed by atoms with Crippen LogP contribution in [0.2, 0.25) is 0 Å². The van der Waals surface area contributed by atoms with Gasteiger partial charge in [0.05, 0.1) is 6.10 Å². The molecular weight excluding hydrogens is 224 g/mol. The van der Waals surface area contributed by atoms with Crippen molar-refractivity contribution in [2.24, 2.45) is 11.1 Å². The van der Waals surface area contributed by atoms with Gasteiger partial charge in [-0.3, -0.25) is 0 Å². The molecule has 1 heterocycles. The zero-order chi connectivity index (χ0) is 12.8. The molecule has 3 heteroatoms. The molecular formula is C15H30N2O. The van der Waals surface area contributed by atoms with Crippen LogP contribution in [0.15, 0.2) is 0 Å². The van der Waals surface area contributed by atoms with Crippen molar-refractivity contribution >= 4 is 0 Å². The summed E-state index contributed by atoms with van der Waals surface area (Å²) in [5.74, 6) is 0. The van der Waals surface area contributed by atoms with E-state index in [-0.39, 0.29) is 0 Å². The Balaban J connectivity index is 1.94. The summed E-state index contributed by atoms with van der Waals surface area (Å²) in [7, 11) is 0. The van der Waals surface area contributed by atoms with E-state index in [1.54, 1.807) is 0 Å². The van der Waals surface area contributed by atoms with Gasteiger partial charge in [-0.05, 0) is 38.1 Å². The zero-order valence-corrected chi connectivity index (χ0v) is 12.0. The van der Waals surface area contributed by atoms with Gasteiger partial charge in [0, 0.05) is 26.2 Å². The minimum atomic E-state index is 0.383. The molecule has 106 valence electrons. The van der Waals surface area contributed by atoms with Crippen LogP contribution in [-0.2, 0) is 4.74 Å². The third-order valence-corrected chi connectivity index (χ3v) is 4.69. The fourth-order valence-corrected chi connectivity index (χ4v) is 3.60. The van der Waals surface area contributed by atoms with Gasteiger partial charge in [0.2, 0.25) is 0 Å². The van der Waals surface area contributed by atoms with Gasteiger partial charge in [-0.15, -0.1) is 0 Å². The summed E-state index contributed by atoms with van der Waals surface area (Å²) in [5.41, 5.74) is 6.53. The van der Waals surface area contributed by atoms with Crippen molar-refractivity contribution in [2.75, 3.05) is 32.8 Å². The Morgan fingerprint density at radius 2 is 1.89 bits per heavy atom. The topological polar surface area (TPSA) is 38.5 Å². The Hall–Kier alpha value is -0.120. The molecule has 0 bridgehead atoms. The minimum Gasteiger partial charge on any atom is -0.377 e. The Kier molecular flexibility index (Phi) is 5.46. The molecule has 1 saturated carbocycles. The van der Waals surface area contributed by atoms with Gasteiger partial charge in [-0.2, -0.15) is 0 Å². The average Bonchev–Trinajstić information content (AvgIpc) is 2.71. The number of nitrogens with zero attached hydrogens (tertiary/aromatic N) is 1. The molecule has 2 rings (SSSR count). The predicted octanol–water partition coefficient (Wildman–Crippen LogP) is 2.40.